The topological polar surface area (TPSA) is 35.9 Å². The third kappa shape index (κ3) is 5.25. The summed E-state index contributed by atoms with van der Waals surface area (Å²) in [4.78, 5) is 23.2. The number of rotatable bonds is 8. The maximum absolute atomic E-state index is 14.1. The van der Waals surface area contributed by atoms with Crippen LogP contribution in [0.3, 0.4) is 0 Å². The standard InChI is InChI=1S/C31H32ClF2N3O/c1-2-29-35-31(24-6-12-27(33)13-7-24,25-8-14-28(34)15-9-25)30(38)37(29)19-3-18-36-20-16-23(17-21-36)22-4-10-26(32)11-5-22/h4-15,23H,2-3,16-21H2,1H3. The fourth-order valence-electron chi connectivity index (χ4n) is 5.72. The summed E-state index contributed by atoms with van der Waals surface area (Å²) in [6, 6.07) is 19.9. The van der Waals surface area contributed by atoms with Crippen molar-refractivity contribution in [2.45, 2.75) is 44.1 Å². The third-order valence-electron chi connectivity index (χ3n) is 7.79. The van der Waals surface area contributed by atoms with Crippen LogP contribution in [0.2, 0.25) is 5.02 Å². The Labute approximate surface area is 227 Å². The van der Waals surface area contributed by atoms with Crippen molar-refractivity contribution in [2.24, 2.45) is 4.99 Å². The summed E-state index contributed by atoms with van der Waals surface area (Å²) in [5.74, 6) is 0.309. The number of likely N-dealkylation sites (tertiary alicyclic amines) is 1. The number of halogens is 3. The van der Waals surface area contributed by atoms with Gasteiger partial charge in [-0.05, 0) is 97.9 Å². The van der Waals surface area contributed by atoms with Gasteiger partial charge in [-0.3, -0.25) is 9.69 Å². The van der Waals surface area contributed by atoms with E-state index in [1.165, 1.54) is 29.8 Å². The highest BCUT2D eigenvalue weighted by Crippen LogP contribution is 2.41. The van der Waals surface area contributed by atoms with Crippen LogP contribution < -0.4 is 0 Å². The summed E-state index contributed by atoms with van der Waals surface area (Å²) >= 11 is 6.04. The van der Waals surface area contributed by atoms with E-state index in [4.69, 9.17) is 16.6 Å². The summed E-state index contributed by atoms with van der Waals surface area (Å²) in [7, 11) is 0. The van der Waals surface area contributed by atoms with Crippen LogP contribution in [0.4, 0.5) is 8.78 Å². The zero-order valence-electron chi connectivity index (χ0n) is 21.5. The average Bonchev–Trinajstić information content (AvgIpc) is 3.22. The molecule has 2 aliphatic rings. The molecule has 0 N–H and O–H groups in total. The molecule has 0 unspecified atom stereocenters. The first-order valence-corrected chi connectivity index (χ1v) is 13.7. The minimum Gasteiger partial charge on any atom is -0.303 e. The molecule has 1 fully saturated rings. The summed E-state index contributed by atoms with van der Waals surface area (Å²) in [5, 5.41) is 0.764. The molecule has 3 aromatic rings. The molecular weight excluding hydrogens is 504 g/mol. The summed E-state index contributed by atoms with van der Waals surface area (Å²) in [6.45, 7) is 5.46. The number of hydrogen-bond donors (Lipinski definition) is 0. The van der Waals surface area contributed by atoms with Crippen molar-refractivity contribution in [1.82, 2.24) is 9.80 Å². The number of carbonyl (C=O) groups excluding carboxylic acids is 1. The third-order valence-corrected chi connectivity index (χ3v) is 8.04. The van der Waals surface area contributed by atoms with Crippen LogP contribution in [0.25, 0.3) is 0 Å². The summed E-state index contributed by atoms with van der Waals surface area (Å²) in [6.07, 6.45) is 3.61. The fraction of sp³-hybridized carbons (Fsp3) is 0.355. The van der Waals surface area contributed by atoms with Crippen molar-refractivity contribution in [3.63, 3.8) is 0 Å². The number of benzene rings is 3. The van der Waals surface area contributed by atoms with Crippen molar-refractivity contribution in [3.05, 3.63) is 106 Å². The molecule has 0 radical (unpaired) electrons. The van der Waals surface area contributed by atoms with Crippen LogP contribution in [0.5, 0.6) is 0 Å². The Kier molecular flexibility index (Phi) is 7.91. The van der Waals surface area contributed by atoms with Gasteiger partial charge in [-0.15, -0.1) is 0 Å². The van der Waals surface area contributed by atoms with Gasteiger partial charge in [0.1, 0.15) is 17.5 Å². The van der Waals surface area contributed by atoms with Crippen molar-refractivity contribution >= 4 is 23.3 Å². The number of carbonyl (C=O) groups is 1. The van der Waals surface area contributed by atoms with E-state index in [0.717, 1.165) is 43.9 Å². The van der Waals surface area contributed by atoms with Crippen molar-refractivity contribution in [3.8, 4) is 0 Å². The van der Waals surface area contributed by atoms with E-state index >= 15 is 0 Å². The van der Waals surface area contributed by atoms with Crippen LogP contribution in [-0.4, -0.2) is 47.7 Å². The molecule has 0 aromatic heterocycles. The Hall–Kier alpha value is -3.09. The molecule has 38 heavy (non-hydrogen) atoms. The zero-order chi connectivity index (χ0) is 26.7. The summed E-state index contributed by atoms with van der Waals surface area (Å²) in [5.41, 5.74) is 1.16. The van der Waals surface area contributed by atoms with Gasteiger partial charge in [0, 0.05) is 18.0 Å². The Bertz CT molecular complexity index is 1240. The molecular formula is C31H32ClF2N3O. The van der Waals surface area contributed by atoms with Gasteiger partial charge in [0.25, 0.3) is 5.91 Å². The molecule has 0 aliphatic carbocycles. The highest BCUT2D eigenvalue weighted by Gasteiger charge is 2.50. The Balaban J connectivity index is 1.28. The molecule has 0 bridgehead atoms. The maximum atomic E-state index is 14.1. The number of amidine groups is 1. The molecule has 1 amide bonds. The predicted molar refractivity (Wildman–Crippen MR) is 148 cm³/mol. The quantitative estimate of drug-likeness (QED) is 0.319. The molecule has 0 spiro atoms. The van der Waals surface area contributed by atoms with Gasteiger partial charge in [-0.1, -0.05) is 54.9 Å². The van der Waals surface area contributed by atoms with E-state index in [0.29, 0.717) is 35.8 Å². The second kappa shape index (κ2) is 11.3. The lowest BCUT2D eigenvalue weighted by molar-refractivity contribution is -0.130. The number of piperidine rings is 1. The maximum Gasteiger partial charge on any atom is 0.265 e. The second-order valence-electron chi connectivity index (χ2n) is 10.1. The van der Waals surface area contributed by atoms with Crippen molar-refractivity contribution in [2.75, 3.05) is 26.2 Å². The van der Waals surface area contributed by atoms with E-state index in [9.17, 15) is 13.6 Å². The first kappa shape index (κ1) is 26.5. The number of aliphatic imine (C=N–C) groups is 1. The molecule has 2 heterocycles. The van der Waals surface area contributed by atoms with Crippen LogP contribution in [0.1, 0.15) is 55.2 Å². The van der Waals surface area contributed by atoms with Gasteiger partial charge >= 0.3 is 0 Å². The molecule has 2 aliphatic heterocycles. The van der Waals surface area contributed by atoms with Crippen LogP contribution in [-0.2, 0) is 10.3 Å². The molecule has 1 saturated heterocycles. The molecule has 5 rings (SSSR count). The lowest BCUT2D eigenvalue weighted by Crippen LogP contribution is -2.43. The van der Waals surface area contributed by atoms with Crippen molar-refractivity contribution < 1.29 is 13.6 Å². The van der Waals surface area contributed by atoms with E-state index in [2.05, 4.69) is 17.0 Å². The first-order chi connectivity index (χ1) is 18.4. The summed E-state index contributed by atoms with van der Waals surface area (Å²) < 4.78 is 27.5. The van der Waals surface area contributed by atoms with Gasteiger partial charge in [-0.25, -0.2) is 13.8 Å². The molecule has 0 atom stereocenters. The highest BCUT2D eigenvalue weighted by atomic mass is 35.5. The average molecular weight is 536 g/mol. The largest absolute Gasteiger partial charge is 0.303 e. The normalized spacial score (nSPS) is 18.2. The van der Waals surface area contributed by atoms with Crippen molar-refractivity contribution in [1.29, 1.82) is 0 Å². The second-order valence-corrected chi connectivity index (χ2v) is 10.5. The van der Waals surface area contributed by atoms with Gasteiger partial charge < -0.3 is 4.90 Å². The molecule has 0 saturated carbocycles. The molecule has 3 aromatic carbocycles. The number of amides is 1. The van der Waals surface area contributed by atoms with Crippen LogP contribution >= 0.6 is 11.6 Å². The smallest absolute Gasteiger partial charge is 0.265 e. The van der Waals surface area contributed by atoms with Gasteiger partial charge in [0.15, 0.2) is 5.54 Å². The van der Waals surface area contributed by atoms with Gasteiger partial charge in [-0.2, -0.15) is 0 Å². The molecule has 7 heteroatoms. The van der Waals surface area contributed by atoms with E-state index in [1.54, 1.807) is 29.2 Å². The molecule has 4 nitrogen and oxygen atoms in total. The minimum absolute atomic E-state index is 0.172. The predicted octanol–water partition coefficient (Wildman–Crippen LogP) is 6.78. The number of hydrogen-bond acceptors (Lipinski definition) is 3. The lowest BCUT2D eigenvalue weighted by Gasteiger charge is -2.33. The van der Waals surface area contributed by atoms with Gasteiger partial charge in [0.05, 0.1) is 0 Å². The van der Waals surface area contributed by atoms with E-state index < -0.39 is 5.54 Å². The molecule has 198 valence electrons. The Morgan fingerprint density at radius 1 is 0.868 bits per heavy atom. The number of nitrogens with zero attached hydrogens (tertiary/aromatic N) is 3. The van der Waals surface area contributed by atoms with E-state index in [-0.39, 0.29) is 17.5 Å². The van der Waals surface area contributed by atoms with E-state index in [1.807, 2.05) is 19.1 Å². The first-order valence-electron chi connectivity index (χ1n) is 13.3. The highest BCUT2D eigenvalue weighted by molar-refractivity contribution is 6.30. The Morgan fingerprint density at radius 2 is 1.42 bits per heavy atom. The Morgan fingerprint density at radius 3 is 1.95 bits per heavy atom. The van der Waals surface area contributed by atoms with Gasteiger partial charge in [0.2, 0.25) is 0 Å². The van der Waals surface area contributed by atoms with Crippen LogP contribution in [0, 0.1) is 11.6 Å². The monoisotopic (exact) mass is 535 g/mol. The minimum atomic E-state index is -1.34. The fourth-order valence-corrected chi connectivity index (χ4v) is 5.84. The SMILES string of the molecule is CCC1=NC(c2ccc(F)cc2)(c2ccc(F)cc2)C(=O)N1CCCN1CCC(c2ccc(Cl)cc2)CC1. The van der Waals surface area contributed by atoms with Crippen LogP contribution in [0.15, 0.2) is 77.8 Å². The zero-order valence-corrected chi connectivity index (χ0v) is 22.3. The lowest BCUT2D eigenvalue weighted by atomic mass is 9.82.